The van der Waals surface area contributed by atoms with Crippen LogP contribution in [0.1, 0.15) is 12.0 Å². The molecule has 0 saturated carbocycles. The minimum atomic E-state index is -0.276. The number of hydrogen-bond acceptors (Lipinski definition) is 1. The molecule has 0 atom stereocenters. The molecule has 0 radical (unpaired) electrons. The minimum absolute atomic E-state index is 0.276. The third kappa shape index (κ3) is 2.37. The summed E-state index contributed by atoms with van der Waals surface area (Å²) in [5.74, 6) is 5.21. The predicted octanol–water partition coefficient (Wildman–Crippen LogP) is 1.53. The topological polar surface area (TPSA) is 26.0 Å². The second-order valence-corrected chi connectivity index (χ2v) is 2.32. The number of halogens is 1. The molecule has 0 aliphatic rings. The molecule has 1 aromatic carbocycles. The fourth-order valence-corrected chi connectivity index (χ4v) is 0.792. The molecule has 0 saturated heterocycles. The zero-order chi connectivity index (χ0) is 8.81. The van der Waals surface area contributed by atoms with E-state index in [9.17, 15) is 4.39 Å². The van der Waals surface area contributed by atoms with Crippen LogP contribution in [0.2, 0.25) is 0 Å². The van der Waals surface area contributed by atoms with E-state index in [2.05, 4.69) is 11.8 Å². The van der Waals surface area contributed by atoms with Crippen LogP contribution in [0.4, 0.5) is 4.39 Å². The SMILES string of the molecule is NCCC#Cc1ccccc1F. The Labute approximate surface area is 71.4 Å². The van der Waals surface area contributed by atoms with Crippen molar-refractivity contribution in [3.8, 4) is 11.8 Å². The first kappa shape index (κ1) is 8.76. The zero-order valence-electron chi connectivity index (χ0n) is 6.68. The molecule has 2 N–H and O–H groups in total. The Balaban J connectivity index is 2.77. The van der Waals surface area contributed by atoms with E-state index in [1.54, 1.807) is 18.2 Å². The van der Waals surface area contributed by atoms with Crippen LogP contribution in [0.15, 0.2) is 24.3 Å². The van der Waals surface area contributed by atoms with Crippen LogP contribution in [0.3, 0.4) is 0 Å². The largest absolute Gasteiger partial charge is 0.330 e. The second kappa shape index (κ2) is 4.53. The average Bonchev–Trinajstić information content (AvgIpc) is 2.09. The Bertz CT molecular complexity index is 309. The smallest absolute Gasteiger partial charge is 0.138 e. The summed E-state index contributed by atoms with van der Waals surface area (Å²) >= 11 is 0. The van der Waals surface area contributed by atoms with Gasteiger partial charge in [-0.2, -0.15) is 0 Å². The average molecular weight is 163 g/mol. The number of rotatable bonds is 1. The summed E-state index contributed by atoms with van der Waals surface area (Å²) in [6, 6.07) is 6.45. The van der Waals surface area contributed by atoms with Crippen LogP contribution >= 0.6 is 0 Å². The molecule has 12 heavy (non-hydrogen) atoms. The van der Waals surface area contributed by atoms with Gasteiger partial charge >= 0.3 is 0 Å². The van der Waals surface area contributed by atoms with Gasteiger partial charge in [0.2, 0.25) is 0 Å². The van der Waals surface area contributed by atoms with E-state index >= 15 is 0 Å². The maximum Gasteiger partial charge on any atom is 0.138 e. The van der Waals surface area contributed by atoms with Crippen LogP contribution < -0.4 is 5.73 Å². The molecule has 0 bridgehead atoms. The Morgan fingerprint density at radius 3 is 2.75 bits per heavy atom. The van der Waals surface area contributed by atoms with Gasteiger partial charge in [0.15, 0.2) is 0 Å². The van der Waals surface area contributed by atoms with Crippen molar-refractivity contribution >= 4 is 0 Å². The van der Waals surface area contributed by atoms with Gasteiger partial charge in [0.1, 0.15) is 5.82 Å². The van der Waals surface area contributed by atoms with E-state index in [4.69, 9.17) is 5.73 Å². The third-order valence-corrected chi connectivity index (χ3v) is 1.37. The molecule has 0 amide bonds. The van der Waals surface area contributed by atoms with Crippen LogP contribution in [0.5, 0.6) is 0 Å². The summed E-state index contributed by atoms with van der Waals surface area (Å²) < 4.78 is 12.9. The normalized spacial score (nSPS) is 8.83. The van der Waals surface area contributed by atoms with Gasteiger partial charge in [-0.15, -0.1) is 0 Å². The highest BCUT2D eigenvalue weighted by Crippen LogP contribution is 2.03. The molecule has 1 aromatic rings. The molecule has 1 rings (SSSR count). The molecule has 62 valence electrons. The van der Waals surface area contributed by atoms with Crippen molar-refractivity contribution in [2.24, 2.45) is 5.73 Å². The second-order valence-electron chi connectivity index (χ2n) is 2.32. The quantitative estimate of drug-likeness (QED) is 0.624. The molecule has 0 aromatic heterocycles. The molecule has 0 fully saturated rings. The van der Waals surface area contributed by atoms with E-state index in [1.165, 1.54) is 6.07 Å². The number of hydrogen-bond donors (Lipinski definition) is 1. The molecule has 0 unspecified atom stereocenters. The van der Waals surface area contributed by atoms with Crippen LogP contribution in [-0.4, -0.2) is 6.54 Å². The van der Waals surface area contributed by atoms with Gasteiger partial charge in [0.25, 0.3) is 0 Å². The van der Waals surface area contributed by atoms with Crippen molar-refractivity contribution < 1.29 is 4.39 Å². The number of nitrogens with two attached hydrogens (primary N) is 1. The minimum Gasteiger partial charge on any atom is -0.330 e. The van der Waals surface area contributed by atoms with Crippen molar-refractivity contribution in [2.75, 3.05) is 6.54 Å². The lowest BCUT2D eigenvalue weighted by Gasteiger charge is -1.90. The van der Waals surface area contributed by atoms with E-state index < -0.39 is 0 Å². The lowest BCUT2D eigenvalue weighted by Crippen LogP contribution is -1.95. The lowest BCUT2D eigenvalue weighted by molar-refractivity contribution is 0.624. The molecular weight excluding hydrogens is 153 g/mol. The van der Waals surface area contributed by atoms with Gasteiger partial charge in [-0.3, -0.25) is 0 Å². The molecule has 1 nitrogen and oxygen atoms in total. The summed E-state index contributed by atoms with van der Waals surface area (Å²) in [7, 11) is 0. The van der Waals surface area contributed by atoms with Gasteiger partial charge in [-0.05, 0) is 12.1 Å². The van der Waals surface area contributed by atoms with Gasteiger partial charge in [0, 0.05) is 13.0 Å². The fourth-order valence-electron chi connectivity index (χ4n) is 0.792. The van der Waals surface area contributed by atoms with Crippen LogP contribution in [-0.2, 0) is 0 Å². The standard InChI is InChI=1S/C10H10FN/c11-10-7-2-1-5-9(10)6-3-4-8-12/h1-2,5,7H,4,8,12H2. The first-order chi connectivity index (χ1) is 5.84. The third-order valence-electron chi connectivity index (χ3n) is 1.37. The molecule has 0 aliphatic heterocycles. The highest BCUT2D eigenvalue weighted by Gasteiger charge is 1.93. The van der Waals surface area contributed by atoms with E-state index in [-0.39, 0.29) is 5.82 Å². The Morgan fingerprint density at radius 1 is 1.33 bits per heavy atom. The molecular formula is C10H10FN. The molecule has 2 heteroatoms. The Kier molecular flexibility index (Phi) is 3.31. The van der Waals surface area contributed by atoms with Gasteiger partial charge < -0.3 is 5.73 Å². The molecule has 0 spiro atoms. The van der Waals surface area contributed by atoms with Gasteiger partial charge in [0.05, 0.1) is 5.56 Å². The van der Waals surface area contributed by atoms with Crippen LogP contribution in [0, 0.1) is 17.7 Å². The van der Waals surface area contributed by atoms with Gasteiger partial charge in [-0.25, -0.2) is 4.39 Å². The van der Waals surface area contributed by atoms with E-state index in [0.717, 1.165) is 0 Å². The van der Waals surface area contributed by atoms with Crippen molar-refractivity contribution in [1.82, 2.24) is 0 Å². The number of benzene rings is 1. The first-order valence-electron chi connectivity index (χ1n) is 3.78. The zero-order valence-corrected chi connectivity index (χ0v) is 6.68. The van der Waals surface area contributed by atoms with Crippen molar-refractivity contribution in [2.45, 2.75) is 6.42 Å². The van der Waals surface area contributed by atoms with Gasteiger partial charge in [-0.1, -0.05) is 24.0 Å². The summed E-state index contributed by atoms with van der Waals surface area (Å²) in [5, 5.41) is 0. The van der Waals surface area contributed by atoms with E-state index in [0.29, 0.717) is 18.5 Å². The monoisotopic (exact) mass is 163 g/mol. The molecule has 0 aliphatic carbocycles. The summed E-state index contributed by atoms with van der Waals surface area (Å²) in [6.45, 7) is 0.515. The Hall–Kier alpha value is -1.33. The highest BCUT2D eigenvalue weighted by molar-refractivity contribution is 5.34. The lowest BCUT2D eigenvalue weighted by atomic mass is 10.2. The van der Waals surface area contributed by atoms with E-state index in [1.807, 2.05) is 0 Å². The fraction of sp³-hybridized carbons (Fsp3) is 0.200. The summed E-state index contributed by atoms with van der Waals surface area (Å²) in [5.41, 5.74) is 5.67. The van der Waals surface area contributed by atoms with Crippen molar-refractivity contribution in [3.63, 3.8) is 0 Å². The highest BCUT2D eigenvalue weighted by atomic mass is 19.1. The summed E-state index contributed by atoms with van der Waals surface area (Å²) in [6.07, 6.45) is 0.605. The summed E-state index contributed by atoms with van der Waals surface area (Å²) in [4.78, 5) is 0. The van der Waals surface area contributed by atoms with Crippen molar-refractivity contribution in [3.05, 3.63) is 35.6 Å². The maximum absolute atomic E-state index is 12.9. The molecule has 0 heterocycles. The van der Waals surface area contributed by atoms with Crippen LogP contribution in [0.25, 0.3) is 0 Å². The maximum atomic E-state index is 12.9. The Morgan fingerprint density at radius 2 is 2.08 bits per heavy atom. The van der Waals surface area contributed by atoms with Crippen molar-refractivity contribution in [1.29, 1.82) is 0 Å². The first-order valence-corrected chi connectivity index (χ1v) is 3.78. The predicted molar refractivity (Wildman–Crippen MR) is 46.9 cm³/mol.